The van der Waals surface area contributed by atoms with E-state index in [2.05, 4.69) is 35.1 Å². The highest BCUT2D eigenvalue weighted by molar-refractivity contribution is 7.89. The molecule has 0 radical (unpaired) electrons. The van der Waals surface area contributed by atoms with E-state index in [1.165, 1.54) is 5.39 Å². The summed E-state index contributed by atoms with van der Waals surface area (Å²) in [6, 6.07) is 30.9. The molecule has 4 aromatic rings. The molecule has 4 aromatic carbocycles. The molecule has 0 saturated heterocycles. The fraction of sp³-hybridized carbons (Fsp3) is 0.0435. The van der Waals surface area contributed by atoms with Crippen molar-refractivity contribution in [2.75, 3.05) is 0 Å². The summed E-state index contributed by atoms with van der Waals surface area (Å²) in [6.45, 7) is 0.273. The molecule has 4 rings (SSSR count). The van der Waals surface area contributed by atoms with Gasteiger partial charge in [0.25, 0.3) is 0 Å². The van der Waals surface area contributed by atoms with Crippen LogP contribution in [0.25, 0.3) is 21.9 Å². The Balaban J connectivity index is 1.55. The molecule has 4 heteroatoms. The van der Waals surface area contributed by atoms with Gasteiger partial charge in [0.15, 0.2) is 0 Å². The second-order valence-electron chi connectivity index (χ2n) is 6.40. The van der Waals surface area contributed by atoms with Crippen LogP contribution >= 0.6 is 0 Å². The van der Waals surface area contributed by atoms with E-state index in [9.17, 15) is 8.42 Å². The molecule has 0 saturated carbocycles. The molecule has 1 N–H and O–H groups in total. The molecule has 0 heterocycles. The third-order valence-electron chi connectivity index (χ3n) is 4.56. The highest BCUT2D eigenvalue weighted by Gasteiger charge is 2.13. The first-order valence-electron chi connectivity index (χ1n) is 8.75. The van der Waals surface area contributed by atoms with E-state index in [1.54, 1.807) is 12.1 Å². The minimum Gasteiger partial charge on any atom is -0.207 e. The Labute approximate surface area is 159 Å². The van der Waals surface area contributed by atoms with Crippen LogP contribution < -0.4 is 4.72 Å². The topological polar surface area (TPSA) is 46.2 Å². The SMILES string of the molecule is O=S(=O)(NCc1ccccc1)c1ccc(-c2ccc3ccccc3c2)cc1. The minimum absolute atomic E-state index is 0.267. The van der Waals surface area contributed by atoms with E-state index in [0.717, 1.165) is 22.1 Å². The van der Waals surface area contributed by atoms with Gasteiger partial charge in [-0.3, -0.25) is 0 Å². The monoisotopic (exact) mass is 373 g/mol. The summed E-state index contributed by atoms with van der Waals surface area (Å²) in [5.41, 5.74) is 2.98. The van der Waals surface area contributed by atoms with Crippen LogP contribution in [-0.4, -0.2) is 8.42 Å². The number of rotatable bonds is 5. The molecule has 0 aliphatic heterocycles. The largest absolute Gasteiger partial charge is 0.240 e. The van der Waals surface area contributed by atoms with Gasteiger partial charge in [-0.2, -0.15) is 0 Å². The van der Waals surface area contributed by atoms with Gasteiger partial charge in [0.2, 0.25) is 10.0 Å². The van der Waals surface area contributed by atoms with E-state index in [0.29, 0.717) is 0 Å². The normalized spacial score (nSPS) is 11.6. The fourth-order valence-electron chi connectivity index (χ4n) is 3.05. The Morgan fingerprint density at radius 1 is 0.630 bits per heavy atom. The lowest BCUT2D eigenvalue weighted by Gasteiger charge is -2.09. The van der Waals surface area contributed by atoms with Crippen LogP contribution in [0.2, 0.25) is 0 Å². The van der Waals surface area contributed by atoms with Crippen molar-refractivity contribution < 1.29 is 8.42 Å². The zero-order chi connectivity index (χ0) is 18.7. The van der Waals surface area contributed by atoms with Gasteiger partial charge < -0.3 is 0 Å². The van der Waals surface area contributed by atoms with Crippen molar-refractivity contribution in [2.45, 2.75) is 11.4 Å². The minimum atomic E-state index is -3.54. The Bertz CT molecular complexity index is 1170. The summed E-state index contributed by atoms with van der Waals surface area (Å²) < 4.78 is 27.7. The van der Waals surface area contributed by atoms with Crippen molar-refractivity contribution in [3.63, 3.8) is 0 Å². The van der Waals surface area contributed by atoms with Crippen molar-refractivity contribution in [1.29, 1.82) is 0 Å². The fourth-order valence-corrected chi connectivity index (χ4v) is 4.07. The molecule has 0 aromatic heterocycles. The Morgan fingerprint density at radius 2 is 1.26 bits per heavy atom. The molecule has 134 valence electrons. The number of sulfonamides is 1. The molecule has 0 aliphatic rings. The highest BCUT2D eigenvalue weighted by Crippen LogP contribution is 2.25. The Hall–Kier alpha value is -2.95. The van der Waals surface area contributed by atoms with Crippen molar-refractivity contribution in [1.82, 2.24) is 4.72 Å². The Kier molecular flexibility index (Phi) is 4.75. The molecule has 0 amide bonds. The molecule has 27 heavy (non-hydrogen) atoms. The summed E-state index contributed by atoms with van der Waals surface area (Å²) in [6.07, 6.45) is 0. The molecule has 0 unspecified atom stereocenters. The first-order valence-corrected chi connectivity index (χ1v) is 10.2. The number of nitrogens with one attached hydrogen (secondary N) is 1. The molecular weight excluding hydrogens is 354 g/mol. The molecule has 0 bridgehead atoms. The van der Waals surface area contributed by atoms with E-state index >= 15 is 0 Å². The molecule has 0 fully saturated rings. The first kappa shape index (κ1) is 17.5. The van der Waals surface area contributed by atoms with Crippen molar-refractivity contribution in [3.05, 3.63) is 103 Å². The van der Waals surface area contributed by atoms with Gasteiger partial charge in [-0.05, 0) is 45.7 Å². The van der Waals surface area contributed by atoms with E-state index < -0.39 is 10.0 Å². The first-order chi connectivity index (χ1) is 13.1. The van der Waals surface area contributed by atoms with Gasteiger partial charge in [0.05, 0.1) is 4.90 Å². The van der Waals surface area contributed by atoms with Gasteiger partial charge in [-0.25, -0.2) is 13.1 Å². The average Bonchev–Trinajstić information content (AvgIpc) is 2.73. The van der Waals surface area contributed by atoms with Crippen LogP contribution in [-0.2, 0) is 16.6 Å². The summed E-state index contributed by atoms with van der Waals surface area (Å²) in [7, 11) is -3.54. The molecule has 0 atom stereocenters. The lowest BCUT2D eigenvalue weighted by Crippen LogP contribution is -2.23. The summed E-state index contributed by atoms with van der Waals surface area (Å²) in [4.78, 5) is 0.267. The van der Waals surface area contributed by atoms with Crippen molar-refractivity contribution in [3.8, 4) is 11.1 Å². The zero-order valence-electron chi connectivity index (χ0n) is 14.7. The Morgan fingerprint density at radius 3 is 2.00 bits per heavy atom. The maximum atomic E-state index is 12.5. The van der Waals surface area contributed by atoms with E-state index in [1.807, 2.05) is 54.6 Å². The van der Waals surface area contributed by atoms with Crippen LogP contribution in [0.4, 0.5) is 0 Å². The molecule has 3 nitrogen and oxygen atoms in total. The third-order valence-corrected chi connectivity index (χ3v) is 5.97. The quantitative estimate of drug-likeness (QED) is 0.536. The summed E-state index contributed by atoms with van der Waals surface area (Å²) in [5.74, 6) is 0. The van der Waals surface area contributed by atoms with E-state index in [4.69, 9.17) is 0 Å². The van der Waals surface area contributed by atoms with Crippen LogP contribution in [0.1, 0.15) is 5.56 Å². The van der Waals surface area contributed by atoms with Crippen molar-refractivity contribution in [2.24, 2.45) is 0 Å². The second-order valence-corrected chi connectivity index (χ2v) is 8.16. The molecule has 0 spiro atoms. The maximum Gasteiger partial charge on any atom is 0.240 e. The van der Waals surface area contributed by atoms with Gasteiger partial charge in [-0.15, -0.1) is 0 Å². The smallest absolute Gasteiger partial charge is 0.207 e. The van der Waals surface area contributed by atoms with Crippen LogP contribution in [0, 0.1) is 0 Å². The van der Waals surface area contributed by atoms with Crippen LogP contribution in [0.15, 0.2) is 102 Å². The van der Waals surface area contributed by atoms with E-state index in [-0.39, 0.29) is 11.4 Å². The van der Waals surface area contributed by atoms with Gasteiger partial charge >= 0.3 is 0 Å². The lowest BCUT2D eigenvalue weighted by atomic mass is 10.0. The number of fused-ring (bicyclic) bond motifs is 1. The predicted molar refractivity (Wildman–Crippen MR) is 110 cm³/mol. The summed E-state index contributed by atoms with van der Waals surface area (Å²) >= 11 is 0. The second kappa shape index (κ2) is 7.35. The third kappa shape index (κ3) is 3.92. The van der Waals surface area contributed by atoms with Gasteiger partial charge in [0.1, 0.15) is 0 Å². The molecule has 0 aliphatic carbocycles. The average molecular weight is 373 g/mol. The lowest BCUT2D eigenvalue weighted by molar-refractivity contribution is 0.581. The van der Waals surface area contributed by atoms with Crippen LogP contribution in [0.5, 0.6) is 0 Å². The number of hydrogen-bond donors (Lipinski definition) is 1. The van der Waals surface area contributed by atoms with Crippen molar-refractivity contribution >= 4 is 20.8 Å². The predicted octanol–water partition coefficient (Wildman–Crippen LogP) is 4.99. The molecular formula is C23H19NO2S. The maximum absolute atomic E-state index is 12.5. The van der Waals surface area contributed by atoms with Gasteiger partial charge in [0, 0.05) is 6.54 Å². The number of hydrogen-bond acceptors (Lipinski definition) is 2. The highest BCUT2D eigenvalue weighted by atomic mass is 32.2. The zero-order valence-corrected chi connectivity index (χ0v) is 15.5. The standard InChI is InChI=1S/C23H19NO2S/c25-27(26,24-17-18-6-2-1-3-7-18)23-14-12-20(13-15-23)22-11-10-19-8-4-5-9-21(19)16-22/h1-16,24H,17H2. The van der Waals surface area contributed by atoms with Crippen LogP contribution in [0.3, 0.4) is 0 Å². The number of benzene rings is 4. The van der Waals surface area contributed by atoms with Gasteiger partial charge in [-0.1, -0.05) is 78.9 Å². The summed E-state index contributed by atoms with van der Waals surface area (Å²) in [5, 5.41) is 2.35.